The minimum Gasteiger partial charge on any atom is -0.478 e. The van der Waals surface area contributed by atoms with Gasteiger partial charge in [-0.05, 0) is 13.0 Å². The zero-order valence-corrected chi connectivity index (χ0v) is 5.57. The molecule has 1 N–H and O–H groups in total. The number of carboxylic acids is 1. The molecule has 0 atom stereocenters. The van der Waals surface area contributed by atoms with Crippen molar-refractivity contribution in [2.24, 2.45) is 0 Å². The molecule has 54 valence electrons. The average Bonchev–Trinajstić information content (AvgIpc) is 1.79. The van der Waals surface area contributed by atoms with E-state index in [0.717, 1.165) is 6.08 Å². The first kappa shape index (κ1) is 8.62. The zero-order valence-electron chi connectivity index (χ0n) is 5.57. The molecule has 0 aliphatic heterocycles. The third-order valence-corrected chi connectivity index (χ3v) is 0.681. The van der Waals surface area contributed by atoms with Crippen molar-refractivity contribution in [3.63, 3.8) is 0 Å². The van der Waals surface area contributed by atoms with E-state index in [1.54, 1.807) is 0 Å². The molecule has 3 nitrogen and oxygen atoms in total. The highest BCUT2D eigenvalue weighted by molar-refractivity contribution is 5.87. The van der Waals surface area contributed by atoms with Crippen LogP contribution in [0.2, 0.25) is 0 Å². The predicted octanol–water partition coefficient (Wildman–Crippen LogP) is 0.772. The lowest BCUT2D eigenvalue weighted by Crippen LogP contribution is -1.84. The summed E-state index contributed by atoms with van der Waals surface area (Å²) in [5.74, 6) is -1.12. The van der Waals surface area contributed by atoms with Gasteiger partial charge in [-0.3, -0.25) is 4.79 Å². The summed E-state index contributed by atoms with van der Waals surface area (Å²) in [6, 6.07) is 0. The molecule has 0 bridgehead atoms. The predicted molar refractivity (Wildman–Crippen MR) is 36.6 cm³/mol. The molecule has 0 fully saturated rings. The second kappa shape index (κ2) is 4.49. The number of allylic oxidation sites excluding steroid dienone is 3. The van der Waals surface area contributed by atoms with Gasteiger partial charge in [0.2, 0.25) is 0 Å². The van der Waals surface area contributed by atoms with E-state index in [1.165, 1.54) is 25.2 Å². The maximum Gasteiger partial charge on any atom is 0.328 e. The standard InChI is InChI=1S/C7H8O3/c1-6(8)4-2-3-5-7(9)10/h2-5H,1H3,(H,9,10)/b4-2+,5-3+. The van der Waals surface area contributed by atoms with Crippen molar-refractivity contribution in [1.29, 1.82) is 0 Å². The fourth-order valence-corrected chi connectivity index (χ4v) is 0.329. The highest BCUT2D eigenvalue weighted by Gasteiger charge is 1.81. The van der Waals surface area contributed by atoms with E-state index in [1.807, 2.05) is 0 Å². The van der Waals surface area contributed by atoms with E-state index >= 15 is 0 Å². The number of aliphatic carboxylic acids is 1. The van der Waals surface area contributed by atoms with Gasteiger partial charge in [-0.2, -0.15) is 0 Å². The van der Waals surface area contributed by atoms with Crippen molar-refractivity contribution in [1.82, 2.24) is 0 Å². The largest absolute Gasteiger partial charge is 0.478 e. The van der Waals surface area contributed by atoms with Crippen LogP contribution in [0.15, 0.2) is 24.3 Å². The SMILES string of the molecule is CC(=O)/C=C/C=C/C(=O)O. The smallest absolute Gasteiger partial charge is 0.328 e. The van der Waals surface area contributed by atoms with Crippen molar-refractivity contribution in [2.45, 2.75) is 6.92 Å². The molecule has 0 aromatic heterocycles. The van der Waals surface area contributed by atoms with Crippen LogP contribution in [-0.4, -0.2) is 16.9 Å². The Kier molecular flexibility index (Phi) is 3.87. The van der Waals surface area contributed by atoms with Crippen LogP contribution < -0.4 is 0 Å². The van der Waals surface area contributed by atoms with Gasteiger partial charge in [-0.25, -0.2) is 4.79 Å². The molecule has 0 rings (SSSR count). The summed E-state index contributed by atoms with van der Waals surface area (Å²) in [6.45, 7) is 1.39. The first-order valence-corrected chi connectivity index (χ1v) is 2.71. The van der Waals surface area contributed by atoms with Gasteiger partial charge in [0.25, 0.3) is 0 Å². The molecule has 0 radical (unpaired) electrons. The first-order valence-electron chi connectivity index (χ1n) is 2.71. The van der Waals surface area contributed by atoms with E-state index in [4.69, 9.17) is 5.11 Å². The molecule has 0 aliphatic carbocycles. The Balaban J connectivity index is 3.73. The molecule has 0 unspecified atom stereocenters. The number of hydrogen-bond donors (Lipinski definition) is 1. The number of hydrogen-bond acceptors (Lipinski definition) is 2. The lowest BCUT2D eigenvalue weighted by molar-refractivity contribution is -0.131. The third-order valence-electron chi connectivity index (χ3n) is 0.681. The summed E-state index contributed by atoms with van der Waals surface area (Å²) < 4.78 is 0. The van der Waals surface area contributed by atoms with Crippen LogP contribution in [0.5, 0.6) is 0 Å². The summed E-state index contributed by atoms with van der Waals surface area (Å²) in [5.41, 5.74) is 0. The Hall–Kier alpha value is -1.38. The Morgan fingerprint density at radius 1 is 1.20 bits per heavy atom. The highest BCUT2D eigenvalue weighted by atomic mass is 16.4. The van der Waals surface area contributed by atoms with Gasteiger partial charge < -0.3 is 5.11 Å². The van der Waals surface area contributed by atoms with Crippen LogP contribution in [0.1, 0.15) is 6.92 Å². The van der Waals surface area contributed by atoms with Gasteiger partial charge in [0, 0.05) is 6.08 Å². The lowest BCUT2D eigenvalue weighted by Gasteiger charge is -1.75. The maximum atomic E-state index is 10.2. The van der Waals surface area contributed by atoms with Crippen molar-refractivity contribution in [3.05, 3.63) is 24.3 Å². The van der Waals surface area contributed by atoms with Gasteiger partial charge in [-0.1, -0.05) is 12.2 Å². The molecular weight excluding hydrogens is 132 g/mol. The molecule has 0 saturated carbocycles. The Labute approximate surface area is 58.7 Å². The monoisotopic (exact) mass is 140 g/mol. The molecule has 0 amide bonds. The number of rotatable bonds is 3. The molecule has 0 aliphatic rings. The fraction of sp³-hybridized carbons (Fsp3) is 0.143. The van der Waals surface area contributed by atoms with Crippen molar-refractivity contribution in [3.8, 4) is 0 Å². The minimum atomic E-state index is -1.02. The van der Waals surface area contributed by atoms with Crippen LogP contribution in [0.4, 0.5) is 0 Å². The van der Waals surface area contributed by atoms with Crippen LogP contribution >= 0.6 is 0 Å². The zero-order chi connectivity index (χ0) is 7.98. The first-order chi connectivity index (χ1) is 4.63. The van der Waals surface area contributed by atoms with Crippen LogP contribution in [0, 0.1) is 0 Å². The summed E-state index contributed by atoms with van der Waals surface area (Å²) in [4.78, 5) is 20.1. The molecule has 0 aromatic carbocycles. The van der Waals surface area contributed by atoms with Crippen molar-refractivity contribution >= 4 is 11.8 Å². The van der Waals surface area contributed by atoms with E-state index in [0.29, 0.717) is 0 Å². The summed E-state index contributed by atoms with van der Waals surface area (Å²) in [5, 5.41) is 8.07. The highest BCUT2D eigenvalue weighted by Crippen LogP contribution is 1.78. The molecule has 0 heterocycles. The van der Waals surface area contributed by atoms with Gasteiger partial charge >= 0.3 is 5.97 Å². The van der Waals surface area contributed by atoms with Gasteiger partial charge in [-0.15, -0.1) is 0 Å². The topological polar surface area (TPSA) is 54.4 Å². The van der Waals surface area contributed by atoms with Crippen LogP contribution in [-0.2, 0) is 9.59 Å². The van der Waals surface area contributed by atoms with E-state index in [2.05, 4.69) is 0 Å². The van der Waals surface area contributed by atoms with Crippen molar-refractivity contribution in [2.75, 3.05) is 0 Å². The van der Waals surface area contributed by atoms with E-state index in [9.17, 15) is 9.59 Å². The summed E-state index contributed by atoms with van der Waals surface area (Å²) >= 11 is 0. The van der Waals surface area contributed by atoms with Gasteiger partial charge in [0.1, 0.15) is 0 Å². The van der Waals surface area contributed by atoms with Gasteiger partial charge in [0.15, 0.2) is 5.78 Å². The van der Waals surface area contributed by atoms with Crippen LogP contribution in [0.25, 0.3) is 0 Å². The van der Waals surface area contributed by atoms with E-state index < -0.39 is 5.97 Å². The number of carbonyl (C=O) groups is 2. The second-order valence-corrected chi connectivity index (χ2v) is 1.67. The Bertz CT molecular complexity index is 167. The number of ketones is 1. The Morgan fingerprint density at radius 3 is 2.10 bits per heavy atom. The molecule has 0 aromatic rings. The summed E-state index contributed by atoms with van der Waals surface area (Å²) in [7, 11) is 0. The van der Waals surface area contributed by atoms with E-state index in [-0.39, 0.29) is 5.78 Å². The number of carboxylic acid groups (broad SMARTS) is 1. The molecule has 0 spiro atoms. The molecule has 0 saturated heterocycles. The number of carbonyl (C=O) groups excluding carboxylic acids is 1. The molecule has 10 heavy (non-hydrogen) atoms. The Morgan fingerprint density at radius 2 is 1.70 bits per heavy atom. The normalized spacial score (nSPS) is 10.9. The average molecular weight is 140 g/mol. The molecular formula is C7H8O3. The van der Waals surface area contributed by atoms with Crippen LogP contribution in [0.3, 0.4) is 0 Å². The lowest BCUT2D eigenvalue weighted by atomic mass is 10.3. The minimum absolute atomic E-state index is 0.102. The second-order valence-electron chi connectivity index (χ2n) is 1.67. The van der Waals surface area contributed by atoms with Crippen molar-refractivity contribution < 1.29 is 14.7 Å². The third kappa shape index (κ3) is 6.62. The molecule has 3 heteroatoms. The summed E-state index contributed by atoms with van der Waals surface area (Å²) in [6.07, 6.45) is 4.93. The van der Waals surface area contributed by atoms with Gasteiger partial charge in [0.05, 0.1) is 0 Å². The maximum absolute atomic E-state index is 10.2. The fourth-order valence-electron chi connectivity index (χ4n) is 0.329. The quantitative estimate of drug-likeness (QED) is 0.465.